The van der Waals surface area contributed by atoms with Crippen LogP contribution >= 0.6 is 0 Å². The quantitative estimate of drug-likeness (QED) is 0.559. The van der Waals surface area contributed by atoms with Gasteiger partial charge in [0.2, 0.25) is 5.88 Å². The lowest BCUT2D eigenvalue weighted by Gasteiger charge is -2.08. The van der Waals surface area contributed by atoms with Crippen LogP contribution in [0.3, 0.4) is 0 Å². The summed E-state index contributed by atoms with van der Waals surface area (Å²) < 4.78 is 10.4. The minimum atomic E-state index is -0.438. The standard InChI is InChI=1S/C14H19NO4/c1-10(2)19-13-7-6-12(9-15-13)14(17)18-8-4-5-11(3)16/h6-7,9-10H,4-5,8H2,1-3H3. The molecule has 5 heteroatoms. The zero-order chi connectivity index (χ0) is 14.3. The maximum atomic E-state index is 11.6. The van der Waals surface area contributed by atoms with Crippen molar-refractivity contribution in [1.82, 2.24) is 4.98 Å². The van der Waals surface area contributed by atoms with Crippen molar-refractivity contribution in [2.75, 3.05) is 6.61 Å². The molecule has 5 nitrogen and oxygen atoms in total. The molecule has 0 aliphatic rings. The Morgan fingerprint density at radius 2 is 2.05 bits per heavy atom. The fourth-order valence-corrected chi connectivity index (χ4v) is 1.38. The van der Waals surface area contributed by atoms with E-state index in [1.807, 2.05) is 13.8 Å². The lowest BCUT2D eigenvalue weighted by molar-refractivity contribution is -0.117. The Morgan fingerprint density at radius 1 is 1.32 bits per heavy atom. The van der Waals surface area contributed by atoms with Gasteiger partial charge in [0, 0.05) is 18.7 Å². The first-order valence-electron chi connectivity index (χ1n) is 6.28. The SMILES string of the molecule is CC(=O)CCCOC(=O)c1ccc(OC(C)C)nc1. The third-order valence-corrected chi connectivity index (χ3v) is 2.23. The van der Waals surface area contributed by atoms with Crippen LogP contribution in [0, 0.1) is 0 Å². The first kappa shape index (κ1) is 15.1. The number of nitrogens with zero attached hydrogens (tertiary/aromatic N) is 1. The number of carbonyl (C=O) groups excluding carboxylic acids is 2. The third-order valence-electron chi connectivity index (χ3n) is 2.23. The topological polar surface area (TPSA) is 65.5 Å². The number of Topliss-reactive ketones (excluding diaryl/α,β-unsaturated/α-hetero) is 1. The van der Waals surface area contributed by atoms with Gasteiger partial charge in [0.25, 0.3) is 0 Å². The number of esters is 1. The maximum absolute atomic E-state index is 11.6. The summed E-state index contributed by atoms with van der Waals surface area (Å²) in [5.74, 6) is 0.128. The highest BCUT2D eigenvalue weighted by atomic mass is 16.5. The molecule has 0 bridgehead atoms. The number of ether oxygens (including phenoxy) is 2. The normalized spacial score (nSPS) is 10.3. The van der Waals surface area contributed by atoms with E-state index in [2.05, 4.69) is 4.98 Å². The largest absolute Gasteiger partial charge is 0.475 e. The second-order valence-electron chi connectivity index (χ2n) is 4.49. The molecule has 0 aliphatic carbocycles. The zero-order valence-electron chi connectivity index (χ0n) is 11.5. The molecule has 0 saturated heterocycles. The highest BCUT2D eigenvalue weighted by Gasteiger charge is 2.08. The second-order valence-corrected chi connectivity index (χ2v) is 4.49. The number of ketones is 1. The predicted molar refractivity (Wildman–Crippen MR) is 70.2 cm³/mol. The van der Waals surface area contributed by atoms with Crippen LogP contribution in [-0.4, -0.2) is 29.4 Å². The Bertz CT molecular complexity index is 426. The molecule has 0 saturated carbocycles. The molecular formula is C14H19NO4. The molecule has 0 radical (unpaired) electrons. The third kappa shape index (κ3) is 5.99. The van der Waals surface area contributed by atoms with Gasteiger partial charge in [0.1, 0.15) is 5.78 Å². The van der Waals surface area contributed by atoms with E-state index in [1.54, 1.807) is 12.1 Å². The molecule has 0 amide bonds. The van der Waals surface area contributed by atoms with E-state index in [1.165, 1.54) is 13.1 Å². The van der Waals surface area contributed by atoms with Gasteiger partial charge >= 0.3 is 5.97 Å². The van der Waals surface area contributed by atoms with Crippen molar-refractivity contribution >= 4 is 11.8 Å². The molecule has 1 heterocycles. The van der Waals surface area contributed by atoms with E-state index >= 15 is 0 Å². The minimum absolute atomic E-state index is 0.0388. The number of pyridine rings is 1. The summed E-state index contributed by atoms with van der Waals surface area (Å²) in [6.07, 6.45) is 2.43. The van der Waals surface area contributed by atoms with E-state index in [-0.39, 0.29) is 18.5 Å². The Morgan fingerprint density at radius 3 is 2.58 bits per heavy atom. The van der Waals surface area contributed by atoms with Crippen molar-refractivity contribution in [3.8, 4) is 5.88 Å². The molecule has 0 aromatic carbocycles. The second kappa shape index (κ2) is 7.51. The van der Waals surface area contributed by atoms with E-state index in [4.69, 9.17) is 9.47 Å². The van der Waals surface area contributed by atoms with Gasteiger partial charge in [0.15, 0.2) is 0 Å². The number of carbonyl (C=O) groups is 2. The molecule has 0 aliphatic heterocycles. The summed E-state index contributed by atoms with van der Waals surface area (Å²) in [6.45, 7) is 5.56. The molecule has 1 aromatic rings. The first-order valence-corrected chi connectivity index (χ1v) is 6.28. The van der Waals surface area contributed by atoms with E-state index in [0.29, 0.717) is 24.3 Å². The molecule has 0 N–H and O–H groups in total. The van der Waals surface area contributed by atoms with Gasteiger partial charge in [-0.25, -0.2) is 9.78 Å². The first-order chi connectivity index (χ1) is 8.99. The summed E-state index contributed by atoms with van der Waals surface area (Å²) in [4.78, 5) is 26.4. The van der Waals surface area contributed by atoms with Crippen molar-refractivity contribution in [3.63, 3.8) is 0 Å². The molecular weight excluding hydrogens is 246 g/mol. The van der Waals surface area contributed by atoms with Crippen molar-refractivity contribution in [1.29, 1.82) is 0 Å². The molecule has 19 heavy (non-hydrogen) atoms. The van der Waals surface area contributed by atoms with Crippen LogP contribution in [0.15, 0.2) is 18.3 Å². The summed E-state index contributed by atoms with van der Waals surface area (Å²) in [5, 5.41) is 0. The summed E-state index contributed by atoms with van der Waals surface area (Å²) in [5.41, 5.74) is 0.374. The molecule has 0 fully saturated rings. The zero-order valence-corrected chi connectivity index (χ0v) is 11.5. The van der Waals surface area contributed by atoms with Crippen molar-refractivity contribution in [3.05, 3.63) is 23.9 Å². The van der Waals surface area contributed by atoms with Crippen LogP contribution in [0.4, 0.5) is 0 Å². The number of rotatable bonds is 7. The maximum Gasteiger partial charge on any atom is 0.339 e. The molecule has 1 rings (SSSR count). The van der Waals surface area contributed by atoms with Crippen LogP contribution in [0.2, 0.25) is 0 Å². The van der Waals surface area contributed by atoms with Gasteiger partial charge in [-0.2, -0.15) is 0 Å². The van der Waals surface area contributed by atoms with E-state index < -0.39 is 5.97 Å². The van der Waals surface area contributed by atoms with Crippen molar-refractivity contribution < 1.29 is 19.1 Å². The van der Waals surface area contributed by atoms with E-state index in [0.717, 1.165) is 0 Å². The average Bonchev–Trinajstić information content (AvgIpc) is 2.34. The van der Waals surface area contributed by atoms with Gasteiger partial charge in [0.05, 0.1) is 18.3 Å². The Hall–Kier alpha value is -1.91. The summed E-state index contributed by atoms with van der Waals surface area (Å²) >= 11 is 0. The van der Waals surface area contributed by atoms with Crippen LogP contribution in [0.25, 0.3) is 0 Å². The fraction of sp³-hybridized carbons (Fsp3) is 0.500. The smallest absolute Gasteiger partial charge is 0.339 e. The lowest BCUT2D eigenvalue weighted by atomic mass is 10.2. The predicted octanol–water partition coefficient (Wildman–Crippen LogP) is 2.39. The van der Waals surface area contributed by atoms with Crippen molar-refractivity contribution in [2.24, 2.45) is 0 Å². The molecule has 0 unspecified atom stereocenters. The highest BCUT2D eigenvalue weighted by Crippen LogP contribution is 2.10. The van der Waals surface area contributed by atoms with Gasteiger partial charge in [-0.05, 0) is 33.3 Å². The van der Waals surface area contributed by atoms with Crippen molar-refractivity contribution in [2.45, 2.75) is 39.7 Å². The van der Waals surface area contributed by atoms with Crippen LogP contribution in [-0.2, 0) is 9.53 Å². The van der Waals surface area contributed by atoms with Gasteiger partial charge in [-0.1, -0.05) is 0 Å². The summed E-state index contributed by atoms with van der Waals surface area (Å²) in [6, 6.07) is 3.24. The Kier molecular flexibility index (Phi) is 5.99. The van der Waals surface area contributed by atoms with Gasteiger partial charge < -0.3 is 14.3 Å². The molecule has 1 aromatic heterocycles. The molecule has 104 valence electrons. The minimum Gasteiger partial charge on any atom is -0.475 e. The Labute approximate surface area is 112 Å². The molecule has 0 atom stereocenters. The van der Waals surface area contributed by atoms with Crippen LogP contribution < -0.4 is 4.74 Å². The number of hydrogen-bond acceptors (Lipinski definition) is 5. The highest BCUT2D eigenvalue weighted by molar-refractivity contribution is 5.89. The monoisotopic (exact) mass is 265 g/mol. The van der Waals surface area contributed by atoms with Gasteiger partial charge in [-0.3, -0.25) is 0 Å². The summed E-state index contributed by atoms with van der Waals surface area (Å²) in [7, 11) is 0. The number of hydrogen-bond donors (Lipinski definition) is 0. The fourth-order valence-electron chi connectivity index (χ4n) is 1.38. The van der Waals surface area contributed by atoms with Crippen LogP contribution in [0.5, 0.6) is 5.88 Å². The number of aromatic nitrogens is 1. The lowest BCUT2D eigenvalue weighted by Crippen LogP contribution is -2.09. The molecule has 0 spiro atoms. The van der Waals surface area contributed by atoms with Gasteiger partial charge in [-0.15, -0.1) is 0 Å². The average molecular weight is 265 g/mol. The Balaban J connectivity index is 2.42. The van der Waals surface area contributed by atoms with Crippen LogP contribution in [0.1, 0.15) is 44.0 Å². The van der Waals surface area contributed by atoms with E-state index in [9.17, 15) is 9.59 Å².